The smallest absolute Gasteiger partial charge is 0.302 e. The maximum Gasteiger partial charge on any atom is 0.302 e. The van der Waals surface area contributed by atoms with Crippen LogP contribution in [0.3, 0.4) is 0 Å². The molecule has 0 saturated carbocycles. The Kier molecular flexibility index (Phi) is 3.88. The Balaban J connectivity index is 2.35. The maximum absolute atomic E-state index is 10.7. The van der Waals surface area contributed by atoms with Gasteiger partial charge in [0, 0.05) is 20.3 Å². The highest BCUT2D eigenvalue weighted by molar-refractivity contribution is 5.66. The molecule has 1 rings (SSSR count). The van der Waals surface area contributed by atoms with Crippen molar-refractivity contribution in [3.05, 3.63) is 0 Å². The SMILES string of the molecule is CC(=O)O[C@@H]1COC[C@H](OC(C)=O)C1. The summed E-state index contributed by atoms with van der Waals surface area (Å²) >= 11 is 0. The number of carbonyl (C=O) groups is 2. The fourth-order valence-corrected chi connectivity index (χ4v) is 1.39. The molecule has 0 aromatic rings. The highest BCUT2D eigenvalue weighted by Gasteiger charge is 2.26. The number of hydrogen-bond donors (Lipinski definition) is 0. The topological polar surface area (TPSA) is 61.8 Å². The van der Waals surface area contributed by atoms with Gasteiger partial charge in [0.15, 0.2) is 0 Å². The van der Waals surface area contributed by atoms with Gasteiger partial charge in [0.05, 0.1) is 13.2 Å². The van der Waals surface area contributed by atoms with Gasteiger partial charge in [-0.1, -0.05) is 0 Å². The van der Waals surface area contributed by atoms with E-state index in [0.29, 0.717) is 19.6 Å². The molecule has 1 saturated heterocycles. The standard InChI is InChI=1S/C9H14O5/c1-6(10)13-8-3-9(5-12-4-8)14-7(2)11/h8-9H,3-5H2,1-2H3/t8-,9+. The van der Waals surface area contributed by atoms with Crippen molar-refractivity contribution >= 4 is 11.9 Å². The first-order chi connectivity index (χ1) is 6.58. The van der Waals surface area contributed by atoms with Gasteiger partial charge in [0.2, 0.25) is 0 Å². The predicted octanol–water partition coefficient (Wildman–Crippen LogP) is 0.270. The fraction of sp³-hybridized carbons (Fsp3) is 0.778. The average molecular weight is 202 g/mol. The van der Waals surface area contributed by atoms with Crippen molar-refractivity contribution in [3.63, 3.8) is 0 Å². The Morgan fingerprint density at radius 1 is 1.07 bits per heavy atom. The van der Waals surface area contributed by atoms with Crippen LogP contribution < -0.4 is 0 Å². The normalized spacial score (nSPS) is 26.7. The Labute approximate surface area is 82.3 Å². The lowest BCUT2D eigenvalue weighted by molar-refractivity contribution is -0.168. The minimum Gasteiger partial charge on any atom is -0.460 e. The molecule has 1 aliphatic heterocycles. The van der Waals surface area contributed by atoms with Crippen molar-refractivity contribution in [1.29, 1.82) is 0 Å². The van der Waals surface area contributed by atoms with Gasteiger partial charge in [0.25, 0.3) is 0 Å². The van der Waals surface area contributed by atoms with Gasteiger partial charge >= 0.3 is 11.9 Å². The van der Waals surface area contributed by atoms with E-state index in [-0.39, 0.29) is 24.1 Å². The van der Waals surface area contributed by atoms with Crippen LogP contribution in [0.1, 0.15) is 20.3 Å². The molecule has 0 amide bonds. The van der Waals surface area contributed by atoms with Crippen molar-refractivity contribution in [1.82, 2.24) is 0 Å². The molecular formula is C9H14O5. The molecule has 0 N–H and O–H groups in total. The lowest BCUT2D eigenvalue weighted by Crippen LogP contribution is -2.38. The van der Waals surface area contributed by atoms with Gasteiger partial charge < -0.3 is 14.2 Å². The van der Waals surface area contributed by atoms with Gasteiger partial charge in [-0.05, 0) is 0 Å². The van der Waals surface area contributed by atoms with Crippen LogP contribution in [0.5, 0.6) is 0 Å². The zero-order chi connectivity index (χ0) is 10.6. The van der Waals surface area contributed by atoms with E-state index in [4.69, 9.17) is 14.2 Å². The summed E-state index contributed by atoms with van der Waals surface area (Å²) in [5.41, 5.74) is 0. The van der Waals surface area contributed by atoms with Crippen LogP contribution >= 0.6 is 0 Å². The van der Waals surface area contributed by atoms with E-state index < -0.39 is 0 Å². The summed E-state index contributed by atoms with van der Waals surface area (Å²) in [6, 6.07) is 0. The monoisotopic (exact) mass is 202 g/mol. The first-order valence-electron chi connectivity index (χ1n) is 4.50. The van der Waals surface area contributed by atoms with Crippen molar-refractivity contribution in [2.75, 3.05) is 13.2 Å². The Morgan fingerprint density at radius 2 is 1.50 bits per heavy atom. The molecule has 0 spiro atoms. The molecule has 80 valence electrons. The molecule has 5 heteroatoms. The zero-order valence-electron chi connectivity index (χ0n) is 8.32. The molecule has 0 bridgehead atoms. The van der Waals surface area contributed by atoms with Crippen molar-refractivity contribution < 1.29 is 23.8 Å². The molecule has 5 nitrogen and oxygen atoms in total. The second-order valence-corrected chi connectivity index (χ2v) is 3.24. The third kappa shape index (κ3) is 3.74. The van der Waals surface area contributed by atoms with E-state index in [1.54, 1.807) is 0 Å². The molecule has 0 unspecified atom stereocenters. The molecule has 0 aromatic heterocycles. The third-order valence-electron chi connectivity index (χ3n) is 1.80. The van der Waals surface area contributed by atoms with E-state index in [9.17, 15) is 9.59 Å². The van der Waals surface area contributed by atoms with Crippen LogP contribution in [0.15, 0.2) is 0 Å². The molecule has 2 atom stereocenters. The summed E-state index contributed by atoms with van der Waals surface area (Å²) in [5, 5.41) is 0. The number of rotatable bonds is 2. The Hall–Kier alpha value is -1.10. The second kappa shape index (κ2) is 4.95. The predicted molar refractivity (Wildman–Crippen MR) is 46.5 cm³/mol. The minimum absolute atomic E-state index is 0.300. The largest absolute Gasteiger partial charge is 0.460 e. The summed E-state index contributed by atoms with van der Waals surface area (Å²) in [7, 11) is 0. The van der Waals surface area contributed by atoms with Crippen LogP contribution in [-0.2, 0) is 23.8 Å². The van der Waals surface area contributed by atoms with E-state index in [2.05, 4.69) is 0 Å². The van der Waals surface area contributed by atoms with Gasteiger partial charge in [0.1, 0.15) is 12.2 Å². The third-order valence-corrected chi connectivity index (χ3v) is 1.80. The molecule has 0 aromatic carbocycles. The van der Waals surface area contributed by atoms with Crippen molar-refractivity contribution in [2.24, 2.45) is 0 Å². The van der Waals surface area contributed by atoms with E-state index in [1.807, 2.05) is 0 Å². The maximum atomic E-state index is 10.7. The Morgan fingerprint density at radius 3 is 1.86 bits per heavy atom. The Bertz CT molecular complexity index is 203. The van der Waals surface area contributed by atoms with E-state index >= 15 is 0 Å². The van der Waals surface area contributed by atoms with E-state index in [1.165, 1.54) is 13.8 Å². The van der Waals surface area contributed by atoms with Gasteiger partial charge in [-0.25, -0.2) is 0 Å². The molecule has 0 aliphatic carbocycles. The molecule has 1 aliphatic rings. The molecule has 1 fully saturated rings. The summed E-state index contributed by atoms with van der Waals surface area (Å²) in [5.74, 6) is -0.691. The number of hydrogen-bond acceptors (Lipinski definition) is 5. The number of ether oxygens (including phenoxy) is 3. The summed E-state index contributed by atoms with van der Waals surface area (Å²) < 4.78 is 15.0. The summed E-state index contributed by atoms with van der Waals surface area (Å²) in [6.07, 6.45) is -0.0877. The average Bonchev–Trinajstić information content (AvgIpc) is 2.01. The quantitative estimate of drug-likeness (QED) is 0.601. The summed E-state index contributed by atoms with van der Waals surface area (Å²) in [4.78, 5) is 21.3. The van der Waals surface area contributed by atoms with Gasteiger partial charge in [-0.15, -0.1) is 0 Å². The van der Waals surface area contributed by atoms with E-state index in [0.717, 1.165) is 0 Å². The molecule has 14 heavy (non-hydrogen) atoms. The van der Waals surface area contributed by atoms with Crippen LogP contribution in [0, 0.1) is 0 Å². The van der Waals surface area contributed by atoms with Crippen molar-refractivity contribution in [3.8, 4) is 0 Å². The first kappa shape index (κ1) is 11.0. The van der Waals surface area contributed by atoms with Crippen LogP contribution in [0.25, 0.3) is 0 Å². The van der Waals surface area contributed by atoms with Crippen LogP contribution in [0.4, 0.5) is 0 Å². The van der Waals surface area contributed by atoms with Gasteiger partial charge in [-0.2, -0.15) is 0 Å². The van der Waals surface area contributed by atoms with Crippen LogP contribution in [0.2, 0.25) is 0 Å². The lowest BCUT2D eigenvalue weighted by Gasteiger charge is -2.28. The molecule has 1 heterocycles. The zero-order valence-corrected chi connectivity index (χ0v) is 8.32. The van der Waals surface area contributed by atoms with Crippen molar-refractivity contribution in [2.45, 2.75) is 32.5 Å². The highest BCUT2D eigenvalue weighted by atomic mass is 16.6. The molecular weight excluding hydrogens is 188 g/mol. The minimum atomic E-state index is -0.345. The summed E-state index contributed by atoms with van der Waals surface area (Å²) in [6.45, 7) is 3.43. The highest BCUT2D eigenvalue weighted by Crippen LogP contribution is 2.14. The number of carbonyl (C=O) groups excluding carboxylic acids is 2. The molecule has 0 radical (unpaired) electrons. The van der Waals surface area contributed by atoms with Gasteiger partial charge in [-0.3, -0.25) is 9.59 Å². The number of esters is 2. The van der Waals surface area contributed by atoms with Crippen LogP contribution in [-0.4, -0.2) is 37.4 Å². The lowest BCUT2D eigenvalue weighted by atomic mass is 10.1. The fourth-order valence-electron chi connectivity index (χ4n) is 1.39. The first-order valence-corrected chi connectivity index (χ1v) is 4.50. The second-order valence-electron chi connectivity index (χ2n) is 3.24.